The SMILES string of the molecule is Clc1ccccc1-c1cnc(CNCCc2ccccn2)s1. The van der Waals surface area contributed by atoms with Crippen molar-refractivity contribution < 1.29 is 0 Å². The average molecular weight is 330 g/mol. The first kappa shape index (κ1) is 15.2. The van der Waals surface area contributed by atoms with Crippen molar-refractivity contribution in [1.82, 2.24) is 15.3 Å². The summed E-state index contributed by atoms with van der Waals surface area (Å²) in [6, 6.07) is 13.8. The third kappa shape index (κ3) is 3.91. The number of hydrogen-bond donors (Lipinski definition) is 1. The molecule has 0 saturated heterocycles. The van der Waals surface area contributed by atoms with Crippen molar-refractivity contribution in [3.63, 3.8) is 0 Å². The van der Waals surface area contributed by atoms with Crippen molar-refractivity contribution in [1.29, 1.82) is 0 Å². The molecule has 0 amide bonds. The van der Waals surface area contributed by atoms with Gasteiger partial charge >= 0.3 is 0 Å². The number of rotatable bonds is 6. The number of benzene rings is 1. The maximum atomic E-state index is 6.22. The highest BCUT2D eigenvalue weighted by molar-refractivity contribution is 7.15. The normalized spacial score (nSPS) is 10.8. The van der Waals surface area contributed by atoms with Gasteiger partial charge in [-0.1, -0.05) is 35.9 Å². The number of nitrogens with zero attached hydrogens (tertiary/aromatic N) is 2. The summed E-state index contributed by atoms with van der Waals surface area (Å²) in [6.07, 6.45) is 4.64. The number of nitrogens with one attached hydrogen (secondary N) is 1. The molecule has 2 aromatic heterocycles. The molecule has 1 aromatic carbocycles. The predicted molar refractivity (Wildman–Crippen MR) is 92.2 cm³/mol. The van der Waals surface area contributed by atoms with Gasteiger partial charge in [0.2, 0.25) is 0 Å². The van der Waals surface area contributed by atoms with Crippen LogP contribution in [0.1, 0.15) is 10.7 Å². The lowest BCUT2D eigenvalue weighted by Gasteiger charge is -2.02. The molecule has 0 aliphatic rings. The van der Waals surface area contributed by atoms with E-state index in [1.165, 1.54) is 0 Å². The smallest absolute Gasteiger partial charge is 0.107 e. The molecule has 3 nitrogen and oxygen atoms in total. The zero-order chi connectivity index (χ0) is 15.2. The fraction of sp³-hybridized carbons (Fsp3) is 0.176. The predicted octanol–water partition coefficient (Wildman–Crippen LogP) is 4.19. The topological polar surface area (TPSA) is 37.8 Å². The first-order chi connectivity index (χ1) is 10.8. The second kappa shape index (κ2) is 7.49. The van der Waals surface area contributed by atoms with Gasteiger partial charge in [-0.25, -0.2) is 4.98 Å². The van der Waals surface area contributed by atoms with Crippen LogP contribution < -0.4 is 5.32 Å². The van der Waals surface area contributed by atoms with Crippen molar-refractivity contribution >= 4 is 22.9 Å². The number of halogens is 1. The van der Waals surface area contributed by atoms with E-state index in [-0.39, 0.29) is 0 Å². The fourth-order valence-electron chi connectivity index (χ4n) is 2.14. The molecule has 0 bridgehead atoms. The summed E-state index contributed by atoms with van der Waals surface area (Å²) in [7, 11) is 0. The highest BCUT2D eigenvalue weighted by Crippen LogP contribution is 2.31. The maximum Gasteiger partial charge on any atom is 0.107 e. The second-order valence-corrected chi connectivity index (χ2v) is 6.37. The molecule has 0 atom stereocenters. The zero-order valence-electron chi connectivity index (χ0n) is 12.0. The van der Waals surface area contributed by atoms with E-state index in [2.05, 4.69) is 15.3 Å². The quantitative estimate of drug-likeness (QED) is 0.689. The van der Waals surface area contributed by atoms with E-state index in [0.717, 1.165) is 45.7 Å². The van der Waals surface area contributed by atoms with Gasteiger partial charge in [0.25, 0.3) is 0 Å². The molecule has 0 aliphatic carbocycles. The van der Waals surface area contributed by atoms with Crippen LogP contribution in [0.3, 0.4) is 0 Å². The van der Waals surface area contributed by atoms with Gasteiger partial charge in [-0.2, -0.15) is 0 Å². The van der Waals surface area contributed by atoms with Crippen molar-refractivity contribution in [2.24, 2.45) is 0 Å². The fourth-order valence-corrected chi connectivity index (χ4v) is 3.36. The molecular formula is C17H16ClN3S. The maximum absolute atomic E-state index is 6.22. The van der Waals surface area contributed by atoms with Gasteiger partial charge in [0, 0.05) is 48.2 Å². The summed E-state index contributed by atoms with van der Waals surface area (Å²) in [4.78, 5) is 9.87. The van der Waals surface area contributed by atoms with Crippen molar-refractivity contribution in [3.8, 4) is 10.4 Å². The Hall–Kier alpha value is -1.75. The molecule has 0 unspecified atom stereocenters. The van der Waals surface area contributed by atoms with Crippen LogP contribution in [0.2, 0.25) is 5.02 Å². The van der Waals surface area contributed by atoms with Gasteiger partial charge < -0.3 is 5.32 Å². The minimum absolute atomic E-state index is 0.765. The zero-order valence-corrected chi connectivity index (χ0v) is 13.6. The molecule has 0 aliphatic heterocycles. The van der Waals surface area contributed by atoms with Crippen molar-refractivity contribution in [2.45, 2.75) is 13.0 Å². The van der Waals surface area contributed by atoms with Gasteiger partial charge in [0.05, 0.1) is 4.88 Å². The van der Waals surface area contributed by atoms with Gasteiger partial charge in [-0.05, 0) is 18.2 Å². The lowest BCUT2D eigenvalue weighted by Crippen LogP contribution is -2.16. The Morgan fingerprint density at radius 2 is 1.91 bits per heavy atom. The van der Waals surface area contributed by atoms with Crippen LogP contribution in [0.5, 0.6) is 0 Å². The standard InChI is InChI=1S/C17H16ClN3S/c18-15-7-2-1-6-14(15)16-11-21-17(22-16)12-19-10-8-13-5-3-4-9-20-13/h1-7,9,11,19H,8,10,12H2. The Morgan fingerprint density at radius 3 is 2.73 bits per heavy atom. The number of hydrogen-bond acceptors (Lipinski definition) is 4. The Bertz CT molecular complexity index is 728. The van der Waals surface area contributed by atoms with Crippen LogP contribution in [0.15, 0.2) is 54.9 Å². The summed E-state index contributed by atoms with van der Waals surface area (Å²) in [5.41, 5.74) is 2.15. The van der Waals surface area contributed by atoms with Crippen molar-refractivity contribution in [2.75, 3.05) is 6.54 Å². The molecular weight excluding hydrogens is 314 g/mol. The molecule has 1 N–H and O–H groups in total. The van der Waals surface area contributed by atoms with E-state index in [1.54, 1.807) is 11.3 Å². The van der Waals surface area contributed by atoms with E-state index in [0.29, 0.717) is 0 Å². The molecule has 5 heteroatoms. The number of thiazole rings is 1. The van der Waals surface area contributed by atoms with Gasteiger partial charge in [-0.15, -0.1) is 11.3 Å². The molecule has 3 rings (SSSR count). The molecule has 0 spiro atoms. The van der Waals surface area contributed by atoms with Crippen LogP contribution in [-0.4, -0.2) is 16.5 Å². The lowest BCUT2D eigenvalue weighted by molar-refractivity contribution is 0.677. The number of pyridine rings is 1. The van der Waals surface area contributed by atoms with E-state index in [4.69, 9.17) is 11.6 Å². The first-order valence-corrected chi connectivity index (χ1v) is 8.32. The largest absolute Gasteiger partial charge is 0.310 e. The minimum atomic E-state index is 0.765. The average Bonchev–Trinajstić information content (AvgIpc) is 3.02. The molecule has 22 heavy (non-hydrogen) atoms. The van der Waals surface area contributed by atoms with Gasteiger partial charge in [0.15, 0.2) is 0 Å². The molecule has 2 heterocycles. The van der Waals surface area contributed by atoms with E-state index >= 15 is 0 Å². The Kier molecular flexibility index (Phi) is 5.16. The van der Waals surface area contributed by atoms with Gasteiger partial charge in [0.1, 0.15) is 5.01 Å². The summed E-state index contributed by atoms with van der Waals surface area (Å²) in [5, 5.41) is 5.23. The Morgan fingerprint density at radius 1 is 1.05 bits per heavy atom. The summed E-state index contributed by atoms with van der Waals surface area (Å²) < 4.78 is 0. The monoisotopic (exact) mass is 329 g/mol. The van der Waals surface area contributed by atoms with Crippen LogP contribution in [0.25, 0.3) is 10.4 Å². The Labute approximate surface area is 139 Å². The molecule has 3 aromatic rings. The van der Waals surface area contributed by atoms with Crippen molar-refractivity contribution in [3.05, 3.63) is 70.6 Å². The third-order valence-electron chi connectivity index (χ3n) is 3.25. The summed E-state index contributed by atoms with van der Waals surface area (Å²) >= 11 is 7.89. The second-order valence-electron chi connectivity index (χ2n) is 4.85. The highest BCUT2D eigenvalue weighted by atomic mass is 35.5. The van der Waals surface area contributed by atoms with Gasteiger partial charge in [-0.3, -0.25) is 4.98 Å². The van der Waals surface area contributed by atoms with Crippen LogP contribution in [0.4, 0.5) is 0 Å². The summed E-state index contributed by atoms with van der Waals surface area (Å²) in [5.74, 6) is 0. The summed E-state index contributed by atoms with van der Waals surface area (Å²) in [6.45, 7) is 1.65. The van der Waals surface area contributed by atoms with Crippen LogP contribution in [-0.2, 0) is 13.0 Å². The van der Waals surface area contributed by atoms with E-state index < -0.39 is 0 Å². The number of aromatic nitrogens is 2. The van der Waals surface area contributed by atoms with E-state index in [9.17, 15) is 0 Å². The Balaban J connectivity index is 1.53. The lowest BCUT2D eigenvalue weighted by atomic mass is 10.2. The molecule has 0 radical (unpaired) electrons. The van der Waals surface area contributed by atoms with Crippen LogP contribution >= 0.6 is 22.9 Å². The molecule has 0 fully saturated rings. The highest BCUT2D eigenvalue weighted by Gasteiger charge is 2.07. The van der Waals surface area contributed by atoms with E-state index in [1.807, 2.05) is 54.9 Å². The minimum Gasteiger partial charge on any atom is -0.310 e. The molecule has 0 saturated carbocycles. The molecule has 112 valence electrons. The first-order valence-electron chi connectivity index (χ1n) is 7.13. The third-order valence-corrected chi connectivity index (χ3v) is 4.61. The van der Waals surface area contributed by atoms with Crippen LogP contribution in [0, 0.1) is 0 Å².